The molecule has 0 spiro atoms. The number of hydrogen-bond acceptors (Lipinski definition) is 4. The van der Waals surface area contributed by atoms with Crippen LogP contribution < -0.4 is 10.6 Å². The molecule has 0 unspecified atom stereocenters. The van der Waals surface area contributed by atoms with E-state index in [1.54, 1.807) is 6.20 Å². The molecule has 2 heterocycles. The minimum absolute atomic E-state index is 0.922. The maximum Gasteiger partial charge on any atom is 0.142 e. The van der Waals surface area contributed by atoms with Crippen LogP contribution in [0.3, 0.4) is 0 Å². The number of rotatable bonds is 9. The van der Waals surface area contributed by atoms with Crippen molar-refractivity contribution in [3.63, 3.8) is 0 Å². The Morgan fingerprint density at radius 3 is 1.46 bits per heavy atom. The van der Waals surface area contributed by atoms with E-state index in [0.29, 0.717) is 0 Å². The predicted molar refractivity (Wildman–Crippen MR) is 260 cm³/mol. The summed E-state index contributed by atoms with van der Waals surface area (Å²) in [7, 11) is 0. The standard InChI is InChI=1S/C30H25NO.C23H18N2.C4H6/c1-3-10-29-21(2)25-14-9-15-27(30(25)32-29)23-17-19-24(20-18-23)31-28-16-8-7-13-26(28)22-11-5-4-6-12-22;1-2-7-19(8-3-1)22-10-4-5-11-23(22)25-21-14-12-18(13-15-21)20-9-6-16-24-17-20;1-3-4-2/h3-20,31H,1-2H3;1-17,25H;1-2H3/b10-3-;;. The Balaban J connectivity index is 0.000000174. The van der Waals surface area contributed by atoms with Crippen molar-refractivity contribution in [3.8, 4) is 56.3 Å². The van der Waals surface area contributed by atoms with Gasteiger partial charge < -0.3 is 15.1 Å². The summed E-state index contributed by atoms with van der Waals surface area (Å²) in [6.07, 6.45) is 7.71. The van der Waals surface area contributed by atoms with E-state index in [4.69, 9.17) is 4.42 Å². The van der Waals surface area contributed by atoms with Crippen LogP contribution in [-0.2, 0) is 0 Å². The zero-order chi connectivity index (χ0) is 42.2. The van der Waals surface area contributed by atoms with E-state index in [-0.39, 0.29) is 0 Å². The molecule has 0 aliphatic rings. The largest absolute Gasteiger partial charge is 0.456 e. The lowest BCUT2D eigenvalue weighted by atomic mass is 10.0. The Morgan fingerprint density at radius 2 is 0.951 bits per heavy atom. The average Bonchev–Trinajstić information content (AvgIpc) is 3.65. The van der Waals surface area contributed by atoms with Crippen LogP contribution >= 0.6 is 0 Å². The number of anilines is 4. The maximum absolute atomic E-state index is 6.21. The van der Waals surface area contributed by atoms with Crippen LogP contribution in [0.25, 0.3) is 61.6 Å². The summed E-state index contributed by atoms with van der Waals surface area (Å²) >= 11 is 0. The monoisotopic (exact) mass is 791 g/mol. The number of nitrogens with one attached hydrogen (secondary N) is 2. The lowest BCUT2D eigenvalue weighted by Crippen LogP contribution is -1.93. The number of fused-ring (bicyclic) bond motifs is 1. The Bertz CT molecular complexity index is 2860. The van der Waals surface area contributed by atoms with E-state index in [1.165, 1.54) is 27.8 Å². The maximum atomic E-state index is 6.21. The lowest BCUT2D eigenvalue weighted by molar-refractivity contribution is 0.602. The second kappa shape index (κ2) is 20.7. The minimum Gasteiger partial charge on any atom is -0.456 e. The molecule has 9 rings (SSSR count). The van der Waals surface area contributed by atoms with Crippen molar-refractivity contribution in [3.05, 3.63) is 218 Å². The van der Waals surface area contributed by atoms with E-state index in [1.807, 2.05) is 57.3 Å². The highest BCUT2D eigenvalue weighted by Crippen LogP contribution is 2.36. The summed E-state index contributed by atoms with van der Waals surface area (Å²) in [5, 5.41) is 8.28. The van der Waals surface area contributed by atoms with E-state index in [9.17, 15) is 0 Å². The van der Waals surface area contributed by atoms with E-state index in [2.05, 4.69) is 204 Å². The summed E-state index contributed by atoms with van der Waals surface area (Å²) in [5.74, 6) is 6.28. The number of nitrogens with zero attached hydrogens (tertiary/aromatic N) is 1. The van der Waals surface area contributed by atoms with Crippen molar-refractivity contribution in [1.82, 2.24) is 4.98 Å². The first-order valence-corrected chi connectivity index (χ1v) is 20.5. The molecule has 4 nitrogen and oxygen atoms in total. The van der Waals surface area contributed by atoms with Crippen LogP contribution in [0.2, 0.25) is 0 Å². The number of hydrogen-bond donors (Lipinski definition) is 2. The zero-order valence-corrected chi connectivity index (χ0v) is 35.1. The third-order valence-corrected chi connectivity index (χ3v) is 10.2. The lowest BCUT2D eigenvalue weighted by Gasteiger charge is -2.13. The van der Waals surface area contributed by atoms with Crippen LogP contribution in [-0.4, -0.2) is 4.98 Å². The molecule has 0 aliphatic carbocycles. The van der Waals surface area contributed by atoms with Gasteiger partial charge in [0.1, 0.15) is 11.3 Å². The number of aryl methyl sites for hydroxylation is 1. The highest BCUT2D eigenvalue weighted by atomic mass is 16.3. The molecule has 0 radical (unpaired) electrons. The molecule has 2 N–H and O–H groups in total. The van der Waals surface area contributed by atoms with Crippen molar-refractivity contribution in [1.29, 1.82) is 0 Å². The molecule has 0 saturated carbocycles. The van der Waals surface area contributed by atoms with Crippen LogP contribution in [0.1, 0.15) is 32.1 Å². The first-order chi connectivity index (χ1) is 30.1. The molecule has 2 aromatic heterocycles. The van der Waals surface area contributed by atoms with Crippen molar-refractivity contribution in [2.45, 2.75) is 27.7 Å². The zero-order valence-electron chi connectivity index (χ0n) is 35.1. The summed E-state index contributed by atoms with van der Waals surface area (Å²) in [5.41, 5.74) is 15.7. The second-order valence-electron chi connectivity index (χ2n) is 14.2. The van der Waals surface area contributed by atoms with Gasteiger partial charge in [-0.15, -0.1) is 11.8 Å². The summed E-state index contributed by atoms with van der Waals surface area (Å²) in [6, 6.07) is 65.0. The number of pyridine rings is 1. The third-order valence-electron chi connectivity index (χ3n) is 10.2. The average molecular weight is 792 g/mol. The molecular formula is C57H49N3O. The predicted octanol–water partition coefficient (Wildman–Crippen LogP) is 16.0. The normalized spacial score (nSPS) is 10.4. The molecule has 7 aromatic carbocycles. The highest BCUT2D eigenvalue weighted by molar-refractivity contribution is 5.96. The van der Waals surface area contributed by atoms with Crippen molar-refractivity contribution in [2.75, 3.05) is 10.6 Å². The smallest absolute Gasteiger partial charge is 0.142 e. The van der Waals surface area contributed by atoms with Crippen LogP contribution in [0.5, 0.6) is 0 Å². The highest BCUT2D eigenvalue weighted by Gasteiger charge is 2.13. The number of aromatic nitrogens is 1. The molecule has 298 valence electrons. The molecule has 4 heteroatoms. The molecule has 0 aliphatic heterocycles. The minimum atomic E-state index is 0.922. The van der Waals surface area contributed by atoms with Gasteiger partial charge in [-0.05, 0) is 104 Å². The summed E-state index contributed by atoms with van der Waals surface area (Å²) < 4.78 is 6.21. The Kier molecular flexibility index (Phi) is 14.0. The van der Waals surface area contributed by atoms with Gasteiger partial charge in [-0.2, -0.15) is 0 Å². The van der Waals surface area contributed by atoms with Crippen LogP contribution in [0, 0.1) is 18.8 Å². The fourth-order valence-electron chi connectivity index (χ4n) is 7.05. The van der Waals surface area contributed by atoms with E-state index >= 15 is 0 Å². The van der Waals surface area contributed by atoms with E-state index < -0.39 is 0 Å². The summed E-state index contributed by atoms with van der Waals surface area (Å²) in [6.45, 7) is 7.76. The Labute approximate surface area is 360 Å². The summed E-state index contributed by atoms with van der Waals surface area (Å²) in [4.78, 5) is 4.18. The molecule has 9 aromatic rings. The van der Waals surface area contributed by atoms with Crippen molar-refractivity contribution < 1.29 is 4.42 Å². The quantitative estimate of drug-likeness (QED) is 0.143. The van der Waals surface area contributed by atoms with Crippen LogP contribution in [0.15, 0.2) is 211 Å². The first kappa shape index (κ1) is 41.3. The number of furan rings is 1. The van der Waals surface area contributed by atoms with Crippen molar-refractivity contribution in [2.24, 2.45) is 0 Å². The van der Waals surface area contributed by atoms with Crippen molar-refractivity contribution >= 4 is 39.8 Å². The van der Waals surface area contributed by atoms with Gasteiger partial charge in [0.05, 0.1) is 0 Å². The Hall–Kier alpha value is -7.87. The Morgan fingerprint density at radius 1 is 0.475 bits per heavy atom. The van der Waals surface area contributed by atoms with Gasteiger partial charge in [0.15, 0.2) is 0 Å². The van der Waals surface area contributed by atoms with Crippen LogP contribution in [0.4, 0.5) is 22.7 Å². The SMILES string of the molecule is C/C=C\c1oc2c(-c3ccc(Nc4ccccc4-c4ccccc4)cc3)cccc2c1C.CC#CC.c1ccc(-c2ccccc2Nc2ccc(-c3cccnc3)cc2)cc1. The molecule has 0 amide bonds. The van der Waals surface area contributed by atoms with Gasteiger partial charge in [0.25, 0.3) is 0 Å². The third kappa shape index (κ3) is 10.4. The van der Waals surface area contributed by atoms with Gasteiger partial charge in [-0.3, -0.25) is 4.98 Å². The molecule has 0 saturated heterocycles. The van der Waals surface area contributed by atoms with Gasteiger partial charge in [-0.1, -0.05) is 152 Å². The number of benzene rings is 7. The van der Waals surface area contributed by atoms with Gasteiger partial charge in [-0.25, -0.2) is 0 Å². The first-order valence-electron chi connectivity index (χ1n) is 20.5. The van der Waals surface area contributed by atoms with Gasteiger partial charge >= 0.3 is 0 Å². The molecule has 0 atom stereocenters. The van der Waals surface area contributed by atoms with Gasteiger partial charge in [0.2, 0.25) is 0 Å². The topological polar surface area (TPSA) is 50.1 Å². The molecule has 0 fully saturated rings. The molecule has 61 heavy (non-hydrogen) atoms. The molecular weight excluding hydrogens is 743 g/mol. The molecule has 0 bridgehead atoms. The number of allylic oxidation sites excluding steroid dienone is 1. The number of para-hydroxylation sites is 3. The van der Waals surface area contributed by atoms with Gasteiger partial charge in [0, 0.05) is 62.8 Å². The fraction of sp³-hybridized carbons (Fsp3) is 0.0702. The van der Waals surface area contributed by atoms with E-state index in [0.717, 1.165) is 61.7 Å². The fourth-order valence-corrected chi connectivity index (χ4v) is 7.05. The second-order valence-corrected chi connectivity index (χ2v) is 14.2.